The summed E-state index contributed by atoms with van der Waals surface area (Å²) in [5.41, 5.74) is 3.36. The van der Waals surface area contributed by atoms with E-state index >= 15 is 0 Å². The van der Waals surface area contributed by atoms with Gasteiger partial charge in [-0.1, -0.05) is 30.6 Å². The molecule has 0 saturated carbocycles. The SMILES string of the molecule is CCCCOC(=O)c1ccc(C(=O)OC/C=C(\C)CCC=C(C)C)cc1. The zero-order valence-corrected chi connectivity index (χ0v) is 16.3. The minimum Gasteiger partial charge on any atom is -0.462 e. The minimum absolute atomic E-state index is 0.250. The third kappa shape index (κ3) is 8.65. The maximum atomic E-state index is 12.0. The highest BCUT2D eigenvalue weighted by molar-refractivity contribution is 5.93. The number of hydrogen-bond acceptors (Lipinski definition) is 4. The first-order valence-electron chi connectivity index (χ1n) is 9.17. The molecule has 1 aromatic carbocycles. The van der Waals surface area contributed by atoms with Crippen LogP contribution in [0, 0.1) is 0 Å². The summed E-state index contributed by atoms with van der Waals surface area (Å²) >= 11 is 0. The van der Waals surface area contributed by atoms with Crippen LogP contribution in [-0.4, -0.2) is 25.2 Å². The van der Waals surface area contributed by atoms with Crippen LogP contribution >= 0.6 is 0 Å². The lowest BCUT2D eigenvalue weighted by Gasteiger charge is -2.06. The highest BCUT2D eigenvalue weighted by Crippen LogP contribution is 2.09. The highest BCUT2D eigenvalue weighted by atomic mass is 16.5. The number of carbonyl (C=O) groups is 2. The van der Waals surface area contributed by atoms with Crippen LogP contribution in [0.5, 0.6) is 0 Å². The molecular formula is C22H30O4. The van der Waals surface area contributed by atoms with E-state index in [0.717, 1.165) is 25.7 Å². The normalized spacial score (nSPS) is 11.0. The second-order valence-electron chi connectivity index (χ2n) is 6.54. The number of rotatable bonds is 10. The maximum Gasteiger partial charge on any atom is 0.338 e. The van der Waals surface area contributed by atoms with Crippen molar-refractivity contribution < 1.29 is 19.1 Å². The molecule has 0 bridgehead atoms. The van der Waals surface area contributed by atoms with E-state index in [1.54, 1.807) is 24.3 Å². The summed E-state index contributed by atoms with van der Waals surface area (Å²) in [7, 11) is 0. The minimum atomic E-state index is -0.399. The molecule has 0 N–H and O–H groups in total. The molecule has 0 aromatic heterocycles. The number of unbranched alkanes of at least 4 members (excludes halogenated alkanes) is 1. The van der Waals surface area contributed by atoms with Gasteiger partial charge in [-0.05, 0) is 70.4 Å². The van der Waals surface area contributed by atoms with Crippen LogP contribution in [-0.2, 0) is 9.47 Å². The Morgan fingerprint density at radius 2 is 1.50 bits per heavy atom. The summed E-state index contributed by atoms with van der Waals surface area (Å²) in [6.07, 6.45) is 7.89. The number of carbonyl (C=O) groups excluding carboxylic acids is 2. The fraction of sp³-hybridized carbons (Fsp3) is 0.455. The van der Waals surface area contributed by atoms with Crippen molar-refractivity contribution in [2.75, 3.05) is 13.2 Å². The summed E-state index contributed by atoms with van der Waals surface area (Å²) in [5, 5.41) is 0. The molecular weight excluding hydrogens is 328 g/mol. The number of esters is 2. The molecule has 142 valence electrons. The van der Waals surface area contributed by atoms with Crippen molar-refractivity contribution in [3.63, 3.8) is 0 Å². The van der Waals surface area contributed by atoms with E-state index in [2.05, 4.69) is 19.9 Å². The Morgan fingerprint density at radius 3 is 2.04 bits per heavy atom. The van der Waals surface area contributed by atoms with Crippen molar-refractivity contribution in [3.8, 4) is 0 Å². The third-order valence-electron chi connectivity index (χ3n) is 3.82. The van der Waals surface area contributed by atoms with Crippen molar-refractivity contribution in [1.29, 1.82) is 0 Å². The van der Waals surface area contributed by atoms with Crippen molar-refractivity contribution in [3.05, 3.63) is 58.7 Å². The molecule has 0 amide bonds. The topological polar surface area (TPSA) is 52.6 Å². The van der Waals surface area contributed by atoms with Gasteiger partial charge in [0.1, 0.15) is 6.61 Å². The first kappa shape index (κ1) is 21.7. The Balaban J connectivity index is 2.45. The van der Waals surface area contributed by atoms with Gasteiger partial charge in [-0.25, -0.2) is 9.59 Å². The molecule has 0 atom stereocenters. The lowest BCUT2D eigenvalue weighted by molar-refractivity contribution is 0.0496. The summed E-state index contributed by atoms with van der Waals surface area (Å²) < 4.78 is 10.4. The van der Waals surface area contributed by atoms with Crippen molar-refractivity contribution in [1.82, 2.24) is 0 Å². The van der Waals surface area contributed by atoms with Gasteiger partial charge in [-0.2, -0.15) is 0 Å². The van der Waals surface area contributed by atoms with Gasteiger partial charge >= 0.3 is 11.9 Å². The second kappa shape index (κ2) is 12.1. The van der Waals surface area contributed by atoms with E-state index in [-0.39, 0.29) is 12.6 Å². The zero-order chi connectivity index (χ0) is 19.4. The summed E-state index contributed by atoms with van der Waals surface area (Å²) in [6, 6.07) is 6.35. The number of allylic oxidation sites excluding steroid dienone is 3. The van der Waals surface area contributed by atoms with Crippen LogP contribution in [0.3, 0.4) is 0 Å². The van der Waals surface area contributed by atoms with E-state index in [1.165, 1.54) is 11.1 Å². The molecule has 0 saturated heterocycles. The van der Waals surface area contributed by atoms with Crippen molar-refractivity contribution >= 4 is 11.9 Å². The fourth-order valence-electron chi connectivity index (χ4n) is 2.17. The molecule has 4 heteroatoms. The summed E-state index contributed by atoms with van der Waals surface area (Å²) in [5.74, 6) is -0.766. The average Bonchev–Trinajstić information content (AvgIpc) is 2.61. The fourth-order valence-corrected chi connectivity index (χ4v) is 2.17. The van der Waals surface area contributed by atoms with Crippen LogP contribution in [0.1, 0.15) is 74.1 Å². The molecule has 0 aliphatic carbocycles. The van der Waals surface area contributed by atoms with Gasteiger partial charge < -0.3 is 9.47 Å². The Labute approximate surface area is 156 Å². The maximum absolute atomic E-state index is 12.0. The molecule has 26 heavy (non-hydrogen) atoms. The van der Waals surface area contributed by atoms with E-state index in [9.17, 15) is 9.59 Å². The molecule has 1 rings (SSSR count). The van der Waals surface area contributed by atoms with Gasteiger partial charge in [0.15, 0.2) is 0 Å². The standard InChI is InChI=1S/C22H30O4/c1-5-6-15-25-21(23)19-10-12-20(13-11-19)22(24)26-16-14-18(4)9-7-8-17(2)3/h8,10-14H,5-7,9,15-16H2,1-4H3/b18-14+. The Bertz CT molecular complexity index is 635. The highest BCUT2D eigenvalue weighted by Gasteiger charge is 2.10. The monoisotopic (exact) mass is 358 g/mol. The van der Waals surface area contributed by atoms with Gasteiger partial charge in [-0.3, -0.25) is 0 Å². The smallest absolute Gasteiger partial charge is 0.338 e. The van der Waals surface area contributed by atoms with Crippen LogP contribution < -0.4 is 0 Å². The molecule has 0 fully saturated rings. The predicted octanol–water partition coefficient (Wildman–Crippen LogP) is 5.49. The molecule has 1 aromatic rings. The van der Waals surface area contributed by atoms with Gasteiger partial charge in [0.05, 0.1) is 17.7 Å². The van der Waals surface area contributed by atoms with Crippen LogP contribution in [0.15, 0.2) is 47.6 Å². The summed E-state index contributed by atoms with van der Waals surface area (Å²) in [6.45, 7) is 8.90. The number of ether oxygens (including phenoxy) is 2. The lowest BCUT2D eigenvalue weighted by atomic mass is 10.1. The van der Waals surface area contributed by atoms with Gasteiger partial charge in [-0.15, -0.1) is 0 Å². The van der Waals surface area contributed by atoms with Crippen molar-refractivity contribution in [2.45, 2.75) is 53.4 Å². The quantitative estimate of drug-likeness (QED) is 0.315. The summed E-state index contributed by atoms with van der Waals surface area (Å²) in [4.78, 5) is 23.9. The lowest BCUT2D eigenvalue weighted by Crippen LogP contribution is -2.08. The number of hydrogen-bond donors (Lipinski definition) is 0. The Kier molecular flexibility index (Phi) is 10.1. The molecule has 0 aliphatic rings. The van der Waals surface area contributed by atoms with E-state index in [1.807, 2.05) is 19.9 Å². The Morgan fingerprint density at radius 1 is 0.923 bits per heavy atom. The first-order chi connectivity index (χ1) is 12.4. The predicted molar refractivity (Wildman–Crippen MR) is 104 cm³/mol. The molecule has 0 unspecified atom stereocenters. The largest absolute Gasteiger partial charge is 0.462 e. The molecule has 0 spiro atoms. The number of benzene rings is 1. The van der Waals surface area contributed by atoms with Crippen LogP contribution in [0.25, 0.3) is 0 Å². The Hall–Kier alpha value is -2.36. The average molecular weight is 358 g/mol. The van der Waals surface area contributed by atoms with E-state index in [0.29, 0.717) is 17.7 Å². The second-order valence-corrected chi connectivity index (χ2v) is 6.54. The molecule has 4 nitrogen and oxygen atoms in total. The third-order valence-corrected chi connectivity index (χ3v) is 3.82. The zero-order valence-electron chi connectivity index (χ0n) is 16.3. The molecule has 0 heterocycles. The van der Waals surface area contributed by atoms with Crippen LogP contribution in [0.4, 0.5) is 0 Å². The van der Waals surface area contributed by atoms with Gasteiger partial charge in [0.25, 0.3) is 0 Å². The van der Waals surface area contributed by atoms with E-state index in [4.69, 9.17) is 9.47 Å². The van der Waals surface area contributed by atoms with Gasteiger partial charge in [0.2, 0.25) is 0 Å². The van der Waals surface area contributed by atoms with E-state index < -0.39 is 5.97 Å². The van der Waals surface area contributed by atoms with Crippen LogP contribution in [0.2, 0.25) is 0 Å². The molecule has 0 radical (unpaired) electrons. The van der Waals surface area contributed by atoms with Gasteiger partial charge in [0, 0.05) is 0 Å². The first-order valence-corrected chi connectivity index (χ1v) is 9.17. The van der Waals surface area contributed by atoms with Crippen molar-refractivity contribution in [2.24, 2.45) is 0 Å². The molecule has 0 aliphatic heterocycles.